The van der Waals surface area contributed by atoms with Crippen LogP contribution in [0.1, 0.15) is 15.9 Å². The predicted octanol–water partition coefficient (Wildman–Crippen LogP) is 1.67. The molecule has 1 aromatic heterocycles. The third kappa shape index (κ3) is 2.67. The summed E-state index contributed by atoms with van der Waals surface area (Å²) in [6, 6.07) is 3.75. The number of H-pyrrole nitrogens is 1. The number of benzene rings is 1. The number of aromatic amines is 1. The van der Waals surface area contributed by atoms with Gasteiger partial charge in [0, 0.05) is 11.8 Å². The minimum atomic E-state index is -0.644. The van der Waals surface area contributed by atoms with Crippen molar-refractivity contribution in [2.75, 3.05) is 7.11 Å². The van der Waals surface area contributed by atoms with Crippen LogP contribution in [0.4, 0.5) is 4.39 Å². The zero-order chi connectivity index (χ0) is 14.0. The Balaban J connectivity index is 2.62. The average molecular weight is 262 g/mol. The van der Waals surface area contributed by atoms with Crippen molar-refractivity contribution in [3.8, 4) is 11.3 Å². The number of aryl methyl sites for hydroxylation is 1. The number of hydrogen-bond donors (Lipinski definition) is 1. The molecule has 0 aliphatic heterocycles. The fourth-order valence-corrected chi connectivity index (χ4v) is 1.73. The van der Waals surface area contributed by atoms with Crippen LogP contribution in [0, 0.1) is 12.7 Å². The highest BCUT2D eigenvalue weighted by molar-refractivity contribution is 5.90. The van der Waals surface area contributed by atoms with Gasteiger partial charge in [0.15, 0.2) is 0 Å². The molecule has 0 fully saturated rings. The number of carbonyl (C=O) groups excluding carboxylic acids is 1. The maximum absolute atomic E-state index is 13.5. The SMILES string of the molecule is COC(=O)c1cc(F)cc(-c2[nH]c(=O)ncc2C)c1. The number of methoxy groups -OCH3 is 1. The predicted molar refractivity (Wildman–Crippen MR) is 66.3 cm³/mol. The Bertz CT molecular complexity index is 695. The topological polar surface area (TPSA) is 72.1 Å². The third-order valence-corrected chi connectivity index (χ3v) is 2.61. The number of ether oxygens (including phenoxy) is 1. The van der Waals surface area contributed by atoms with E-state index in [1.54, 1.807) is 6.92 Å². The molecule has 1 N–H and O–H groups in total. The molecule has 0 radical (unpaired) electrons. The first kappa shape index (κ1) is 12.9. The largest absolute Gasteiger partial charge is 0.465 e. The molecular formula is C13H11FN2O3. The number of nitrogens with one attached hydrogen (secondary N) is 1. The standard InChI is InChI=1S/C13H11FN2O3/c1-7-6-15-13(18)16-11(7)8-3-9(12(17)19-2)5-10(14)4-8/h3-6H,1-2H3,(H,15,16,18). The molecule has 5 nitrogen and oxygen atoms in total. The smallest absolute Gasteiger partial charge is 0.345 e. The molecule has 2 rings (SSSR count). The number of carbonyl (C=O) groups is 1. The number of hydrogen-bond acceptors (Lipinski definition) is 4. The quantitative estimate of drug-likeness (QED) is 0.836. The normalized spacial score (nSPS) is 10.3. The van der Waals surface area contributed by atoms with E-state index in [4.69, 9.17) is 0 Å². The summed E-state index contributed by atoms with van der Waals surface area (Å²) < 4.78 is 18.1. The first-order valence-corrected chi connectivity index (χ1v) is 5.46. The second-order valence-corrected chi connectivity index (χ2v) is 3.97. The van der Waals surface area contributed by atoms with Crippen LogP contribution in [0.3, 0.4) is 0 Å². The van der Waals surface area contributed by atoms with Crippen LogP contribution in [0.15, 0.2) is 29.2 Å². The number of esters is 1. The first-order valence-electron chi connectivity index (χ1n) is 5.46. The van der Waals surface area contributed by atoms with Gasteiger partial charge in [-0.2, -0.15) is 0 Å². The van der Waals surface area contributed by atoms with Gasteiger partial charge in [-0.3, -0.25) is 0 Å². The fraction of sp³-hybridized carbons (Fsp3) is 0.154. The van der Waals surface area contributed by atoms with E-state index in [1.807, 2.05) is 0 Å². The maximum Gasteiger partial charge on any atom is 0.345 e. The van der Waals surface area contributed by atoms with Crippen molar-refractivity contribution in [3.05, 3.63) is 51.8 Å². The van der Waals surface area contributed by atoms with Crippen molar-refractivity contribution < 1.29 is 13.9 Å². The Morgan fingerprint density at radius 2 is 2.11 bits per heavy atom. The van der Waals surface area contributed by atoms with Gasteiger partial charge in [0.2, 0.25) is 0 Å². The lowest BCUT2D eigenvalue weighted by Crippen LogP contribution is -2.11. The molecule has 19 heavy (non-hydrogen) atoms. The average Bonchev–Trinajstić information content (AvgIpc) is 2.39. The van der Waals surface area contributed by atoms with Gasteiger partial charge in [-0.15, -0.1) is 0 Å². The van der Waals surface area contributed by atoms with Crippen molar-refractivity contribution in [2.24, 2.45) is 0 Å². The van der Waals surface area contributed by atoms with Crippen molar-refractivity contribution in [1.82, 2.24) is 9.97 Å². The number of halogens is 1. The molecule has 2 aromatic rings. The first-order chi connectivity index (χ1) is 9.01. The summed E-state index contributed by atoms with van der Waals surface area (Å²) in [5, 5.41) is 0. The Morgan fingerprint density at radius 3 is 2.79 bits per heavy atom. The van der Waals surface area contributed by atoms with E-state index in [2.05, 4.69) is 14.7 Å². The van der Waals surface area contributed by atoms with Gasteiger partial charge in [-0.1, -0.05) is 0 Å². The third-order valence-electron chi connectivity index (χ3n) is 2.61. The minimum absolute atomic E-state index is 0.0783. The Morgan fingerprint density at radius 1 is 1.37 bits per heavy atom. The van der Waals surface area contributed by atoms with Gasteiger partial charge in [0.1, 0.15) is 5.82 Å². The van der Waals surface area contributed by atoms with Crippen LogP contribution in [-0.4, -0.2) is 23.0 Å². The molecule has 1 aromatic carbocycles. The molecule has 0 bridgehead atoms. The second-order valence-electron chi connectivity index (χ2n) is 3.97. The summed E-state index contributed by atoms with van der Waals surface area (Å²) in [4.78, 5) is 28.7. The van der Waals surface area contributed by atoms with E-state index in [-0.39, 0.29) is 5.56 Å². The van der Waals surface area contributed by atoms with Gasteiger partial charge >= 0.3 is 11.7 Å². The second kappa shape index (κ2) is 5.01. The molecule has 0 atom stereocenters. The van der Waals surface area contributed by atoms with Gasteiger partial charge in [0.05, 0.1) is 18.4 Å². The Hall–Kier alpha value is -2.50. The molecule has 0 saturated carbocycles. The molecule has 0 amide bonds. The summed E-state index contributed by atoms with van der Waals surface area (Å²) in [5.41, 5.74) is 1.02. The van der Waals surface area contributed by atoms with Gasteiger partial charge in [0.25, 0.3) is 0 Å². The van der Waals surface area contributed by atoms with Crippen LogP contribution in [0.25, 0.3) is 11.3 Å². The van der Waals surface area contributed by atoms with E-state index < -0.39 is 17.5 Å². The van der Waals surface area contributed by atoms with Crippen LogP contribution < -0.4 is 5.69 Å². The van der Waals surface area contributed by atoms with E-state index in [9.17, 15) is 14.0 Å². The molecular weight excluding hydrogens is 251 g/mol. The summed E-state index contributed by atoms with van der Waals surface area (Å²) in [5.74, 6) is -1.23. The summed E-state index contributed by atoms with van der Waals surface area (Å²) in [6.07, 6.45) is 1.39. The molecule has 98 valence electrons. The van der Waals surface area contributed by atoms with Crippen molar-refractivity contribution in [1.29, 1.82) is 0 Å². The minimum Gasteiger partial charge on any atom is -0.465 e. The highest BCUT2D eigenvalue weighted by Gasteiger charge is 2.12. The zero-order valence-electron chi connectivity index (χ0n) is 10.4. The molecule has 0 aliphatic rings. The van der Waals surface area contributed by atoms with Crippen molar-refractivity contribution in [3.63, 3.8) is 0 Å². The summed E-state index contributed by atoms with van der Waals surface area (Å²) >= 11 is 0. The lowest BCUT2D eigenvalue weighted by Gasteiger charge is -2.07. The van der Waals surface area contributed by atoms with Crippen molar-refractivity contribution >= 4 is 5.97 Å². The Labute approximate surface area is 108 Å². The molecule has 0 aliphatic carbocycles. The lowest BCUT2D eigenvalue weighted by molar-refractivity contribution is 0.0600. The molecule has 6 heteroatoms. The van der Waals surface area contributed by atoms with Crippen LogP contribution in [-0.2, 0) is 4.74 Å². The van der Waals surface area contributed by atoms with Crippen LogP contribution in [0.5, 0.6) is 0 Å². The highest BCUT2D eigenvalue weighted by Crippen LogP contribution is 2.22. The van der Waals surface area contributed by atoms with Gasteiger partial charge in [-0.25, -0.2) is 19.0 Å². The zero-order valence-corrected chi connectivity index (χ0v) is 10.4. The number of nitrogens with zero attached hydrogens (tertiary/aromatic N) is 1. The van der Waals surface area contributed by atoms with E-state index >= 15 is 0 Å². The maximum atomic E-state index is 13.5. The van der Waals surface area contributed by atoms with Gasteiger partial charge < -0.3 is 9.72 Å². The lowest BCUT2D eigenvalue weighted by atomic mass is 10.0. The summed E-state index contributed by atoms with van der Waals surface area (Å²) in [7, 11) is 1.21. The highest BCUT2D eigenvalue weighted by atomic mass is 19.1. The van der Waals surface area contributed by atoms with Crippen molar-refractivity contribution in [2.45, 2.75) is 6.92 Å². The van der Waals surface area contributed by atoms with Crippen LogP contribution in [0.2, 0.25) is 0 Å². The van der Waals surface area contributed by atoms with E-state index in [1.165, 1.54) is 25.4 Å². The van der Waals surface area contributed by atoms with E-state index in [0.29, 0.717) is 16.8 Å². The molecule has 1 heterocycles. The summed E-state index contributed by atoms with van der Waals surface area (Å²) in [6.45, 7) is 1.72. The number of rotatable bonds is 2. The fourth-order valence-electron chi connectivity index (χ4n) is 1.73. The Kier molecular flexibility index (Phi) is 3.41. The van der Waals surface area contributed by atoms with Gasteiger partial charge in [-0.05, 0) is 30.7 Å². The molecule has 0 unspecified atom stereocenters. The molecule has 0 saturated heterocycles. The number of aromatic nitrogens is 2. The van der Waals surface area contributed by atoms with E-state index in [0.717, 1.165) is 6.07 Å². The monoisotopic (exact) mass is 262 g/mol. The molecule has 0 spiro atoms. The van der Waals surface area contributed by atoms with Crippen LogP contribution >= 0.6 is 0 Å².